The second kappa shape index (κ2) is 6.21. The van der Waals surface area contributed by atoms with E-state index in [0.29, 0.717) is 23.1 Å². The average Bonchev–Trinajstić information content (AvgIpc) is 2.42. The standard InChI is InChI=1S/C15H19N5O/c1-5-17-14-6-12(11(7-19-14)9(2)3)21-13-8-18-10(4)20-15(13)16/h6-8H,2,5H2,1,3-4H3,(H,17,19)(H2,16,18,20). The number of hydrogen-bond donors (Lipinski definition) is 2. The molecule has 2 aromatic rings. The molecule has 6 heteroatoms. The van der Waals surface area contributed by atoms with Crippen molar-refractivity contribution in [1.82, 2.24) is 15.0 Å². The summed E-state index contributed by atoms with van der Waals surface area (Å²) >= 11 is 0. The molecule has 3 N–H and O–H groups in total. The van der Waals surface area contributed by atoms with Gasteiger partial charge in [0.25, 0.3) is 0 Å². The smallest absolute Gasteiger partial charge is 0.187 e. The van der Waals surface area contributed by atoms with Gasteiger partial charge < -0.3 is 15.8 Å². The quantitative estimate of drug-likeness (QED) is 0.878. The van der Waals surface area contributed by atoms with E-state index in [1.165, 1.54) is 0 Å². The number of allylic oxidation sites excluding steroid dienone is 1. The Labute approximate surface area is 124 Å². The van der Waals surface area contributed by atoms with Gasteiger partial charge >= 0.3 is 0 Å². The summed E-state index contributed by atoms with van der Waals surface area (Å²) in [5.74, 6) is 2.66. The Hall–Kier alpha value is -2.63. The van der Waals surface area contributed by atoms with Gasteiger partial charge in [0.15, 0.2) is 11.6 Å². The first kappa shape index (κ1) is 14.8. The summed E-state index contributed by atoms with van der Waals surface area (Å²) in [6, 6.07) is 1.81. The molecule has 0 aliphatic rings. The summed E-state index contributed by atoms with van der Waals surface area (Å²) in [5, 5.41) is 3.14. The molecular formula is C15H19N5O. The maximum Gasteiger partial charge on any atom is 0.187 e. The lowest BCUT2D eigenvalue weighted by atomic mass is 10.1. The Kier molecular flexibility index (Phi) is 4.37. The van der Waals surface area contributed by atoms with Crippen LogP contribution in [0.3, 0.4) is 0 Å². The Morgan fingerprint density at radius 2 is 2.10 bits per heavy atom. The van der Waals surface area contributed by atoms with Crippen molar-refractivity contribution in [3.05, 3.63) is 36.4 Å². The van der Waals surface area contributed by atoms with Crippen LogP contribution in [0.2, 0.25) is 0 Å². The van der Waals surface area contributed by atoms with Gasteiger partial charge in [-0.05, 0) is 26.3 Å². The minimum atomic E-state index is 0.303. The topological polar surface area (TPSA) is 86.0 Å². The zero-order valence-electron chi connectivity index (χ0n) is 12.5. The van der Waals surface area contributed by atoms with Gasteiger partial charge in [-0.1, -0.05) is 6.58 Å². The van der Waals surface area contributed by atoms with Gasteiger partial charge in [-0.2, -0.15) is 0 Å². The highest BCUT2D eigenvalue weighted by molar-refractivity contribution is 5.69. The first-order valence-electron chi connectivity index (χ1n) is 6.68. The van der Waals surface area contributed by atoms with Crippen molar-refractivity contribution in [1.29, 1.82) is 0 Å². The maximum absolute atomic E-state index is 5.86. The van der Waals surface area contributed by atoms with Crippen molar-refractivity contribution in [2.75, 3.05) is 17.6 Å². The summed E-state index contributed by atoms with van der Waals surface area (Å²) in [6.45, 7) is 10.4. The molecule has 2 aromatic heterocycles. The highest BCUT2D eigenvalue weighted by Crippen LogP contribution is 2.32. The normalized spacial score (nSPS) is 10.2. The SMILES string of the molecule is C=C(C)c1cnc(NCC)cc1Oc1cnc(C)nc1N. The molecule has 0 aromatic carbocycles. The molecule has 110 valence electrons. The van der Waals surface area contributed by atoms with Crippen LogP contribution < -0.4 is 15.8 Å². The number of nitrogens with two attached hydrogens (primary N) is 1. The van der Waals surface area contributed by atoms with E-state index < -0.39 is 0 Å². The van der Waals surface area contributed by atoms with Gasteiger partial charge in [-0.15, -0.1) is 0 Å². The number of nitrogen functional groups attached to an aromatic ring is 1. The summed E-state index contributed by atoms with van der Waals surface area (Å²) in [4.78, 5) is 12.5. The summed E-state index contributed by atoms with van der Waals surface area (Å²) in [7, 11) is 0. The molecule has 6 nitrogen and oxygen atoms in total. The molecule has 0 unspecified atom stereocenters. The number of hydrogen-bond acceptors (Lipinski definition) is 6. The second-order valence-electron chi connectivity index (χ2n) is 4.65. The zero-order chi connectivity index (χ0) is 15.4. The molecular weight excluding hydrogens is 266 g/mol. The molecule has 0 saturated carbocycles. The molecule has 2 rings (SSSR count). The Bertz CT molecular complexity index is 669. The molecule has 21 heavy (non-hydrogen) atoms. The van der Waals surface area contributed by atoms with Crippen LogP contribution in [-0.2, 0) is 0 Å². The van der Waals surface area contributed by atoms with Gasteiger partial charge in [-0.3, -0.25) is 0 Å². The minimum Gasteiger partial charge on any atom is -0.451 e. The van der Waals surface area contributed by atoms with E-state index >= 15 is 0 Å². The summed E-state index contributed by atoms with van der Waals surface area (Å²) in [6.07, 6.45) is 3.29. The van der Waals surface area contributed by atoms with Gasteiger partial charge in [-0.25, -0.2) is 15.0 Å². The minimum absolute atomic E-state index is 0.303. The number of pyridine rings is 1. The summed E-state index contributed by atoms with van der Waals surface area (Å²) < 4.78 is 5.85. The van der Waals surface area contributed by atoms with Crippen LogP contribution in [0.25, 0.3) is 5.57 Å². The van der Waals surface area contributed by atoms with Gasteiger partial charge in [0.2, 0.25) is 0 Å². The molecule has 0 saturated heterocycles. The van der Waals surface area contributed by atoms with Gasteiger partial charge in [0.1, 0.15) is 17.4 Å². The molecule has 2 heterocycles. The maximum atomic E-state index is 5.86. The monoisotopic (exact) mass is 285 g/mol. The lowest BCUT2D eigenvalue weighted by molar-refractivity contribution is 0.478. The van der Waals surface area contributed by atoms with Crippen molar-refractivity contribution >= 4 is 17.2 Å². The van der Waals surface area contributed by atoms with Crippen molar-refractivity contribution in [3.8, 4) is 11.5 Å². The van der Waals surface area contributed by atoms with E-state index in [4.69, 9.17) is 10.5 Å². The van der Waals surface area contributed by atoms with Crippen LogP contribution in [0.1, 0.15) is 25.2 Å². The van der Waals surface area contributed by atoms with Crippen LogP contribution in [0, 0.1) is 6.92 Å². The molecule has 0 fully saturated rings. The summed E-state index contributed by atoms with van der Waals surface area (Å²) in [5.41, 5.74) is 7.53. The molecule has 0 amide bonds. The van der Waals surface area contributed by atoms with Crippen LogP contribution in [-0.4, -0.2) is 21.5 Å². The number of ether oxygens (including phenoxy) is 1. The highest BCUT2D eigenvalue weighted by atomic mass is 16.5. The Morgan fingerprint density at radius 1 is 1.33 bits per heavy atom. The van der Waals surface area contributed by atoms with E-state index in [1.54, 1.807) is 19.3 Å². The average molecular weight is 285 g/mol. The van der Waals surface area contributed by atoms with Crippen LogP contribution in [0.5, 0.6) is 11.5 Å². The predicted octanol–water partition coefficient (Wildman–Crippen LogP) is 3.02. The third-order valence-corrected chi connectivity index (χ3v) is 2.81. The first-order chi connectivity index (χ1) is 10.0. The van der Waals surface area contributed by atoms with E-state index in [1.807, 2.05) is 19.9 Å². The molecule has 0 aliphatic carbocycles. The van der Waals surface area contributed by atoms with Gasteiger partial charge in [0.05, 0.1) is 6.20 Å². The number of aryl methyl sites for hydroxylation is 1. The number of rotatable bonds is 5. The first-order valence-corrected chi connectivity index (χ1v) is 6.68. The predicted molar refractivity (Wildman–Crippen MR) is 84.4 cm³/mol. The fourth-order valence-electron chi connectivity index (χ4n) is 1.79. The van der Waals surface area contributed by atoms with E-state index in [0.717, 1.165) is 23.5 Å². The fourth-order valence-corrected chi connectivity index (χ4v) is 1.79. The third kappa shape index (κ3) is 3.47. The zero-order valence-corrected chi connectivity index (χ0v) is 12.5. The molecule has 0 atom stereocenters. The fraction of sp³-hybridized carbons (Fsp3) is 0.267. The second-order valence-corrected chi connectivity index (χ2v) is 4.65. The largest absolute Gasteiger partial charge is 0.451 e. The van der Waals surface area contributed by atoms with E-state index in [9.17, 15) is 0 Å². The van der Waals surface area contributed by atoms with E-state index in [-0.39, 0.29) is 0 Å². The number of nitrogens with zero attached hydrogens (tertiary/aromatic N) is 3. The van der Waals surface area contributed by atoms with Crippen molar-refractivity contribution in [3.63, 3.8) is 0 Å². The number of aromatic nitrogens is 3. The van der Waals surface area contributed by atoms with Crippen LogP contribution in [0.4, 0.5) is 11.6 Å². The number of anilines is 2. The van der Waals surface area contributed by atoms with Crippen LogP contribution in [0.15, 0.2) is 25.0 Å². The van der Waals surface area contributed by atoms with Crippen molar-refractivity contribution < 1.29 is 4.74 Å². The molecule has 0 radical (unpaired) electrons. The van der Waals surface area contributed by atoms with Gasteiger partial charge in [0, 0.05) is 24.4 Å². The lowest BCUT2D eigenvalue weighted by Gasteiger charge is -2.13. The lowest BCUT2D eigenvalue weighted by Crippen LogP contribution is -2.03. The Morgan fingerprint density at radius 3 is 2.71 bits per heavy atom. The van der Waals surface area contributed by atoms with Crippen molar-refractivity contribution in [2.24, 2.45) is 0 Å². The molecule has 0 bridgehead atoms. The Balaban J connectivity index is 2.40. The molecule has 0 spiro atoms. The highest BCUT2D eigenvalue weighted by Gasteiger charge is 2.11. The van der Waals surface area contributed by atoms with E-state index in [2.05, 4.69) is 26.8 Å². The van der Waals surface area contributed by atoms with Crippen molar-refractivity contribution in [2.45, 2.75) is 20.8 Å². The van der Waals surface area contributed by atoms with Crippen LogP contribution >= 0.6 is 0 Å². The third-order valence-electron chi connectivity index (χ3n) is 2.81. The number of nitrogens with one attached hydrogen (secondary N) is 1. The molecule has 0 aliphatic heterocycles.